The van der Waals surface area contributed by atoms with Crippen LogP contribution in [-0.2, 0) is 9.16 Å². The number of amides is 1. The molecule has 1 amide bonds. The van der Waals surface area contributed by atoms with E-state index in [4.69, 9.17) is 14.3 Å². The summed E-state index contributed by atoms with van der Waals surface area (Å²) in [6.07, 6.45) is 0.562. The number of hydrogen-bond acceptors (Lipinski definition) is 5. The van der Waals surface area contributed by atoms with Crippen molar-refractivity contribution in [3.05, 3.63) is 0 Å². The van der Waals surface area contributed by atoms with Crippen LogP contribution in [0.5, 0.6) is 0 Å². The number of hydrogen-bond donors (Lipinski definition) is 2. The van der Waals surface area contributed by atoms with Crippen molar-refractivity contribution in [2.75, 3.05) is 13.2 Å². The Hall–Kier alpha value is -0.633. The Labute approximate surface area is 160 Å². The first-order valence-electron chi connectivity index (χ1n) is 9.66. The van der Waals surface area contributed by atoms with Gasteiger partial charge in [0.1, 0.15) is 5.60 Å². The summed E-state index contributed by atoms with van der Waals surface area (Å²) >= 11 is 0. The number of carbonyl (C=O) groups is 1. The number of aliphatic hydroxyl groups excluding tert-OH is 2. The van der Waals surface area contributed by atoms with E-state index in [-0.39, 0.29) is 24.2 Å². The first kappa shape index (κ1) is 23.4. The molecule has 0 radical (unpaired) electrons. The number of likely N-dealkylation sites (tertiary alicyclic amines) is 1. The van der Waals surface area contributed by atoms with Crippen LogP contribution >= 0.6 is 0 Å². The summed E-state index contributed by atoms with van der Waals surface area (Å²) in [4.78, 5) is 14.3. The maximum Gasteiger partial charge on any atom is 0.410 e. The Bertz CT molecular complexity index is 470. The van der Waals surface area contributed by atoms with E-state index in [9.17, 15) is 9.90 Å². The molecule has 0 bridgehead atoms. The molecule has 1 heterocycles. The van der Waals surface area contributed by atoms with Gasteiger partial charge in [-0.2, -0.15) is 0 Å². The third-order valence-corrected chi connectivity index (χ3v) is 9.79. The molecule has 0 saturated carbocycles. The third-order valence-electron chi connectivity index (χ3n) is 5.32. The zero-order chi connectivity index (χ0) is 20.3. The lowest BCUT2D eigenvalue weighted by Crippen LogP contribution is -2.50. The van der Waals surface area contributed by atoms with Crippen molar-refractivity contribution in [2.24, 2.45) is 0 Å². The van der Waals surface area contributed by atoms with Crippen LogP contribution < -0.4 is 0 Å². The number of carbonyl (C=O) groups excluding carboxylic acids is 1. The maximum atomic E-state index is 12.7. The summed E-state index contributed by atoms with van der Waals surface area (Å²) in [7, 11) is -2.10. The molecule has 0 aromatic carbocycles. The highest BCUT2D eigenvalue weighted by Gasteiger charge is 2.49. The molecule has 0 aliphatic carbocycles. The normalized spacial score (nSPS) is 24.8. The van der Waals surface area contributed by atoms with Crippen molar-refractivity contribution in [1.82, 2.24) is 4.90 Å². The predicted molar refractivity (Wildman–Crippen MR) is 106 cm³/mol. The monoisotopic (exact) mass is 389 g/mol. The SMILES string of the molecule is CC(C)(C)OC(=O)N1C[C@@H](O)[C@H](O[Si](C)(C)C(C)(C)C)[C@H]1CCCCO. The van der Waals surface area contributed by atoms with E-state index in [1.54, 1.807) is 4.90 Å². The van der Waals surface area contributed by atoms with Crippen LogP contribution in [-0.4, -0.2) is 66.5 Å². The van der Waals surface area contributed by atoms with Crippen molar-refractivity contribution >= 4 is 14.4 Å². The second kappa shape index (κ2) is 8.58. The molecule has 1 rings (SSSR count). The van der Waals surface area contributed by atoms with Crippen LogP contribution in [0.25, 0.3) is 0 Å². The lowest BCUT2D eigenvalue weighted by molar-refractivity contribution is 0.0139. The molecule has 2 N–H and O–H groups in total. The Balaban J connectivity index is 3.01. The van der Waals surface area contributed by atoms with Crippen LogP contribution in [0.15, 0.2) is 0 Å². The highest BCUT2D eigenvalue weighted by Crippen LogP contribution is 2.40. The van der Waals surface area contributed by atoms with E-state index >= 15 is 0 Å². The molecule has 1 saturated heterocycles. The van der Waals surface area contributed by atoms with E-state index in [2.05, 4.69) is 33.9 Å². The number of nitrogens with zero attached hydrogens (tertiary/aromatic N) is 1. The van der Waals surface area contributed by atoms with Gasteiger partial charge in [-0.3, -0.25) is 4.90 Å². The second-order valence-corrected chi connectivity index (χ2v) is 14.6. The molecule has 1 aliphatic heterocycles. The third kappa shape index (κ3) is 6.22. The summed E-state index contributed by atoms with van der Waals surface area (Å²) in [5.41, 5.74) is -0.587. The van der Waals surface area contributed by atoms with E-state index in [1.165, 1.54) is 0 Å². The molecule has 0 unspecified atom stereocenters. The zero-order valence-corrected chi connectivity index (χ0v) is 18.8. The van der Waals surface area contributed by atoms with Crippen molar-refractivity contribution in [3.63, 3.8) is 0 Å². The molecule has 154 valence electrons. The molecule has 6 nitrogen and oxygen atoms in total. The zero-order valence-electron chi connectivity index (χ0n) is 17.8. The van der Waals surface area contributed by atoms with Crippen LogP contribution in [0.4, 0.5) is 4.79 Å². The molecule has 0 spiro atoms. The van der Waals surface area contributed by atoms with Gasteiger partial charge in [-0.15, -0.1) is 0 Å². The highest BCUT2D eigenvalue weighted by molar-refractivity contribution is 6.74. The average Bonchev–Trinajstić information content (AvgIpc) is 2.73. The van der Waals surface area contributed by atoms with Crippen LogP contribution in [0, 0.1) is 0 Å². The lowest BCUT2D eigenvalue weighted by atomic mass is 10.0. The van der Waals surface area contributed by atoms with Gasteiger partial charge in [-0.1, -0.05) is 20.8 Å². The first-order valence-corrected chi connectivity index (χ1v) is 12.6. The minimum absolute atomic E-state index is 0.0156. The van der Waals surface area contributed by atoms with Crippen molar-refractivity contribution in [1.29, 1.82) is 0 Å². The summed E-state index contributed by atoms with van der Waals surface area (Å²) in [5.74, 6) is 0. The molecular weight excluding hydrogens is 350 g/mol. The Morgan fingerprint density at radius 3 is 2.19 bits per heavy atom. The number of ether oxygens (including phenoxy) is 1. The lowest BCUT2D eigenvalue weighted by Gasteiger charge is -2.41. The van der Waals surface area contributed by atoms with Gasteiger partial charge >= 0.3 is 6.09 Å². The largest absolute Gasteiger partial charge is 0.444 e. The predicted octanol–water partition coefficient (Wildman–Crippen LogP) is 3.52. The van der Waals surface area contributed by atoms with Crippen LogP contribution in [0.1, 0.15) is 60.8 Å². The van der Waals surface area contributed by atoms with E-state index in [0.29, 0.717) is 12.8 Å². The quantitative estimate of drug-likeness (QED) is 0.537. The molecule has 1 aliphatic rings. The van der Waals surface area contributed by atoms with E-state index in [0.717, 1.165) is 6.42 Å². The van der Waals surface area contributed by atoms with Gasteiger partial charge in [0.2, 0.25) is 0 Å². The van der Waals surface area contributed by atoms with E-state index < -0.39 is 32.2 Å². The average molecular weight is 390 g/mol. The number of aliphatic hydroxyl groups is 2. The molecule has 1 fully saturated rings. The minimum atomic E-state index is -2.10. The van der Waals surface area contributed by atoms with Gasteiger partial charge in [-0.05, 0) is 58.2 Å². The summed E-state index contributed by atoms with van der Waals surface area (Å²) in [6, 6.07) is -0.236. The molecular formula is C19H39NO5Si. The number of unbranched alkanes of at least 4 members (excludes halogenated alkanes) is 1. The summed E-state index contributed by atoms with van der Waals surface area (Å²) in [6.45, 7) is 16.6. The van der Waals surface area contributed by atoms with Crippen LogP contribution in [0.2, 0.25) is 18.1 Å². The van der Waals surface area contributed by atoms with Gasteiger partial charge in [0.05, 0.1) is 24.8 Å². The van der Waals surface area contributed by atoms with Crippen molar-refractivity contribution in [2.45, 2.75) is 103 Å². The number of rotatable bonds is 6. The van der Waals surface area contributed by atoms with Crippen molar-refractivity contribution < 1.29 is 24.2 Å². The van der Waals surface area contributed by atoms with Crippen molar-refractivity contribution in [3.8, 4) is 0 Å². The van der Waals surface area contributed by atoms with Gasteiger partial charge in [0, 0.05) is 6.61 Å². The van der Waals surface area contributed by atoms with Gasteiger partial charge in [0.15, 0.2) is 8.32 Å². The first-order chi connectivity index (χ1) is 11.7. The fourth-order valence-corrected chi connectivity index (χ4v) is 4.21. The fourth-order valence-electron chi connectivity index (χ4n) is 2.86. The van der Waals surface area contributed by atoms with E-state index in [1.807, 2.05) is 20.8 Å². The van der Waals surface area contributed by atoms with Crippen LogP contribution in [0.3, 0.4) is 0 Å². The highest BCUT2D eigenvalue weighted by atomic mass is 28.4. The Morgan fingerprint density at radius 1 is 1.15 bits per heavy atom. The Kier molecular flexibility index (Phi) is 7.73. The second-order valence-electron chi connectivity index (χ2n) is 9.83. The minimum Gasteiger partial charge on any atom is -0.444 e. The molecule has 7 heteroatoms. The van der Waals surface area contributed by atoms with Gasteiger partial charge in [0.25, 0.3) is 0 Å². The fraction of sp³-hybridized carbons (Fsp3) is 0.947. The summed E-state index contributed by atoms with van der Waals surface area (Å²) < 4.78 is 12.0. The Morgan fingerprint density at radius 2 is 1.73 bits per heavy atom. The van der Waals surface area contributed by atoms with Gasteiger partial charge < -0.3 is 19.4 Å². The van der Waals surface area contributed by atoms with Gasteiger partial charge in [-0.25, -0.2) is 4.79 Å². The number of β-amino-alcohol motifs (C(OH)–C–C–N with tert-alkyl or cyclic N) is 1. The molecule has 3 atom stereocenters. The molecule has 0 aromatic heterocycles. The topological polar surface area (TPSA) is 79.2 Å². The smallest absolute Gasteiger partial charge is 0.410 e. The molecule has 0 aromatic rings. The summed E-state index contributed by atoms with van der Waals surface area (Å²) in [5, 5.41) is 19.8. The maximum absolute atomic E-state index is 12.7. The standard InChI is InChI=1S/C19H39NO5Si/c1-18(2,3)24-17(23)20-13-15(22)16(14(20)11-9-10-12-21)25-26(7,8)19(4,5)6/h14-16,21-22H,9-13H2,1-8H3/t14-,15-,16-/m1/s1. The molecule has 26 heavy (non-hydrogen) atoms.